The van der Waals surface area contributed by atoms with Gasteiger partial charge < -0.3 is 14.7 Å². The Kier molecular flexibility index (Phi) is 6.73. The largest absolute Gasteiger partial charge is 0.497 e. The van der Waals surface area contributed by atoms with Gasteiger partial charge in [-0.2, -0.15) is 4.68 Å². The Labute approximate surface area is 242 Å². The molecule has 42 heavy (non-hydrogen) atoms. The van der Waals surface area contributed by atoms with E-state index in [1.54, 1.807) is 16.7 Å². The minimum atomic E-state index is -0.246. The van der Waals surface area contributed by atoms with E-state index in [1.807, 2.05) is 42.5 Å². The van der Waals surface area contributed by atoms with E-state index in [0.717, 1.165) is 47.6 Å². The SMILES string of the molecule is COc1ccc(-n2nc(-n3cnnn3)c3c2C(=O)N(c2ccc(-c4ccccc4CN4CC[C@@H](O)C4)cc2)CC3)cc1. The van der Waals surface area contributed by atoms with Crippen LogP contribution in [0.4, 0.5) is 5.69 Å². The first-order valence-electron chi connectivity index (χ1n) is 14.0. The zero-order valence-electron chi connectivity index (χ0n) is 23.2. The molecule has 0 saturated carbocycles. The van der Waals surface area contributed by atoms with Gasteiger partial charge in [-0.05, 0) is 76.4 Å². The number of carbonyl (C=O) groups excluding carboxylic acids is 1. The second-order valence-electron chi connectivity index (χ2n) is 10.6. The standard InChI is InChI=1S/C31H30N8O3/c1-42-26-12-10-24(11-13-26)39-29-28(30(33-39)38-20-32-34-35-38)15-17-37(31(29)41)23-8-6-21(7-9-23)27-5-3-2-4-22(27)18-36-16-14-25(40)19-36/h2-13,20,25,40H,14-19H2,1H3/t25-/m1/s1. The maximum Gasteiger partial charge on any atom is 0.277 e. The van der Waals surface area contributed by atoms with E-state index >= 15 is 0 Å². The van der Waals surface area contributed by atoms with E-state index in [2.05, 4.69) is 50.8 Å². The summed E-state index contributed by atoms with van der Waals surface area (Å²) in [5.41, 5.74) is 6.30. The lowest BCUT2D eigenvalue weighted by Crippen LogP contribution is -2.38. The molecule has 0 aliphatic carbocycles. The zero-order chi connectivity index (χ0) is 28.6. The number of β-amino-alcohol motifs (C(OH)–C–C–N with tert-alkyl or cyclic N) is 1. The van der Waals surface area contributed by atoms with Gasteiger partial charge in [-0.3, -0.25) is 9.69 Å². The topological polar surface area (TPSA) is 114 Å². The van der Waals surface area contributed by atoms with Gasteiger partial charge in [0.2, 0.25) is 0 Å². The maximum absolute atomic E-state index is 14.1. The second-order valence-corrected chi connectivity index (χ2v) is 10.6. The van der Waals surface area contributed by atoms with E-state index in [9.17, 15) is 9.90 Å². The highest BCUT2D eigenvalue weighted by atomic mass is 16.5. The summed E-state index contributed by atoms with van der Waals surface area (Å²) in [5, 5.41) is 26.3. The predicted molar refractivity (Wildman–Crippen MR) is 156 cm³/mol. The van der Waals surface area contributed by atoms with Gasteiger partial charge in [-0.15, -0.1) is 10.2 Å². The number of aliphatic hydroxyl groups excluding tert-OH is 1. The molecule has 0 unspecified atom stereocenters. The summed E-state index contributed by atoms with van der Waals surface area (Å²) in [4.78, 5) is 18.2. The lowest BCUT2D eigenvalue weighted by molar-refractivity contribution is 0.0973. The molecular formula is C31H30N8O3. The summed E-state index contributed by atoms with van der Waals surface area (Å²) in [6.45, 7) is 2.90. The molecule has 1 saturated heterocycles. The van der Waals surface area contributed by atoms with Crippen LogP contribution >= 0.6 is 0 Å². The molecule has 212 valence electrons. The number of hydrogen-bond donors (Lipinski definition) is 1. The summed E-state index contributed by atoms with van der Waals surface area (Å²) < 4.78 is 8.48. The van der Waals surface area contributed by atoms with Crippen molar-refractivity contribution in [1.82, 2.24) is 34.9 Å². The number of aliphatic hydroxyl groups is 1. The average Bonchev–Trinajstić information content (AvgIpc) is 3.79. The van der Waals surface area contributed by atoms with E-state index in [1.165, 1.54) is 16.6 Å². The molecule has 1 fully saturated rings. The molecule has 2 aliphatic heterocycles. The average molecular weight is 563 g/mol. The van der Waals surface area contributed by atoms with Crippen molar-refractivity contribution in [2.45, 2.75) is 25.5 Å². The van der Waals surface area contributed by atoms with Crippen LogP contribution in [0.3, 0.4) is 0 Å². The Hall–Kier alpha value is -4.87. The highest BCUT2D eigenvalue weighted by Crippen LogP contribution is 2.33. The molecule has 7 rings (SSSR count). The fourth-order valence-electron chi connectivity index (χ4n) is 5.90. The summed E-state index contributed by atoms with van der Waals surface area (Å²) in [6, 6.07) is 24.0. The molecule has 4 heterocycles. The van der Waals surface area contributed by atoms with Crippen molar-refractivity contribution >= 4 is 11.6 Å². The highest BCUT2D eigenvalue weighted by Gasteiger charge is 2.34. The number of ether oxygens (including phenoxy) is 1. The van der Waals surface area contributed by atoms with E-state index in [4.69, 9.17) is 9.84 Å². The Morgan fingerprint density at radius 1 is 0.976 bits per heavy atom. The molecule has 1 atom stereocenters. The zero-order valence-corrected chi connectivity index (χ0v) is 23.2. The monoisotopic (exact) mass is 562 g/mol. The molecule has 2 aromatic heterocycles. The Morgan fingerprint density at radius 3 is 2.48 bits per heavy atom. The van der Waals surface area contributed by atoms with Crippen LogP contribution in [0.15, 0.2) is 79.1 Å². The van der Waals surface area contributed by atoms with Gasteiger partial charge in [0.15, 0.2) is 5.82 Å². The van der Waals surface area contributed by atoms with Gasteiger partial charge in [-0.25, -0.2) is 4.68 Å². The Morgan fingerprint density at radius 2 is 1.76 bits per heavy atom. The minimum Gasteiger partial charge on any atom is -0.497 e. The van der Waals surface area contributed by atoms with Crippen molar-refractivity contribution in [2.24, 2.45) is 0 Å². The van der Waals surface area contributed by atoms with E-state index in [-0.39, 0.29) is 12.0 Å². The summed E-state index contributed by atoms with van der Waals surface area (Å²) >= 11 is 0. The number of rotatable bonds is 7. The van der Waals surface area contributed by atoms with Gasteiger partial charge in [0.25, 0.3) is 5.91 Å². The van der Waals surface area contributed by atoms with Crippen LogP contribution in [0.1, 0.15) is 28.0 Å². The van der Waals surface area contributed by atoms with Crippen molar-refractivity contribution in [3.8, 4) is 28.4 Å². The molecular weight excluding hydrogens is 532 g/mol. The van der Waals surface area contributed by atoms with Gasteiger partial charge in [0.1, 0.15) is 17.8 Å². The first-order valence-corrected chi connectivity index (χ1v) is 14.0. The van der Waals surface area contributed by atoms with Crippen molar-refractivity contribution in [3.63, 3.8) is 0 Å². The van der Waals surface area contributed by atoms with Crippen molar-refractivity contribution in [1.29, 1.82) is 0 Å². The lowest BCUT2D eigenvalue weighted by Gasteiger charge is -2.28. The number of nitrogens with zero attached hydrogens (tertiary/aromatic N) is 8. The molecule has 0 radical (unpaired) electrons. The number of amides is 1. The highest BCUT2D eigenvalue weighted by molar-refractivity contribution is 6.08. The van der Waals surface area contributed by atoms with Crippen LogP contribution in [0, 0.1) is 0 Å². The predicted octanol–water partition coefficient (Wildman–Crippen LogP) is 3.29. The van der Waals surface area contributed by atoms with Crippen molar-refractivity contribution in [3.05, 3.63) is 95.9 Å². The number of tetrazole rings is 1. The minimum absolute atomic E-state index is 0.139. The van der Waals surface area contributed by atoms with Crippen LogP contribution in [-0.2, 0) is 13.0 Å². The van der Waals surface area contributed by atoms with Crippen LogP contribution in [-0.4, -0.2) is 78.7 Å². The second kappa shape index (κ2) is 10.8. The number of likely N-dealkylation sites (tertiary alicyclic amines) is 1. The third-order valence-electron chi connectivity index (χ3n) is 8.03. The van der Waals surface area contributed by atoms with Gasteiger partial charge >= 0.3 is 0 Å². The number of aromatic nitrogens is 6. The van der Waals surface area contributed by atoms with Crippen LogP contribution < -0.4 is 9.64 Å². The summed E-state index contributed by atoms with van der Waals surface area (Å²) in [7, 11) is 1.62. The number of anilines is 1. The van der Waals surface area contributed by atoms with Crippen molar-refractivity contribution in [2.75, 3.05) is 31.6 Å². The van der Waals surface area contributed by atoms with Crippen LogP contribution in [0.5, 0.6) is 5.75 Å². The summed E-state index contributed by atoms with van der Waals surface area (Å²) in [5.74, 6) is 1.11. The molecule has 11 heteroatoms. The van der Waals surface area contributed by atoms with Crippen molar-refractivity contribution < 1.29 is 14.6 Å². The molecule has 0 spiro atoms. The molecule has 2 aliphatic rings. The molecule has 1 amide bonds. The number of hydrogen-bond acceptors (Lipinski definition) is 8. The fraction of sp³-hybridized carbons (Fsp3) is 0.258. The van der Waals surface area contributed by atoms with Crippen LogP contribution in [0.2, 0.25) is 0 Å². The Balaban J connectivity index is 1.20. The molecule has 5 aromatic rings. The number of fused-ring (bicyclic) bond motifs is 1. The first kappa shape index (κ1) is 26.1. The summed E-state index contributed by atoms with van der Waals surface area (Å²) in [6.07, 6.45) is 2.65. The third kappa shape index (κ3) is 4.72. The van der Waals surface area contributed by atoms with Crippen LogP contribution in [0.25, 0.3) is 22.6 Å². The number of benzene rings is 3. The molecule has 1 N–H and O–H groups in total. The molecule has 3 aromatic carbocycles. The third-order valence-corrected chi connectivity index (χ3v) is 8.03. The lowest BCUT2D eigenvalue weighted by atomic mass is 9.98. The van der Waals surface area contributed by atoms with Gasteiger partial charge in [-0.1, -0.05) is 36.4 Å². The van der Waals surface area contributed by atoms with E-state index in [0.29, 0.717) is 36.8 Å². The number of methoxy groups -OCH3 is 1. The molecule has 0 bridgehead atoms. The normalized spacial score (nSPS) is 17.0. The van der Waals surface area contributed by atoms with Gasteiger partial charge in [0, 0.05) is 37.4 Å². The van der Waals surface area contributed by atoms with E-state index < -0.39 is 0 Å². The first-order chi connectivity index (χ1) is 20.6. The smallest absolute Gasteiger partial charge is 0.277 e. The Bertz CT molecular complexity index is 1710. The number of carbonyl (C=O) groups is 1. The molecule has 11 nitrogen and oxygen atoms in total. The quantitative estimate of drug-likeness (QED) is 0.322. The fourth-order valence-corrected chi connectivity index (χ4v) is 5.90. The van der Waals surface area contributed by atoms with Gasteiger partial charge in [0.05, 0.1) is 18.9 Å². The maximum atomic E-state index is 14.1.